The van der Waals surface area contributed by atoms with E-state index in [1.54, 1.807) is 30.6 Å². The highest BCUT2D eigenvalue weighted by Gasteiger charge is 2.15. The Bertz CT molecular complexity index is 1000. The van der Waals surface area contributed by atoms with E-state index in [0.29, 0.717) is 16.9 Å². The number of esters is 1. The van der Waals surface area contributed by atoms with E-state index in [9.17, 15) is 14.0 Å². The number of methoxy groups -OCH3 is 2. The zero-order valence-corrected chi connectivity index (χ0v) is 15.3. The van der Waals surface area contributed by atoms with Crippen LogP contribution in [0.1, 0.15) is 26.3 Å². The summed E-state index contributed by atoms with van der Waals surface area (Å²) in [6.45, 7) is 0.120. The van der Waals surface area contributed by atoms with E-state index in [-0.39, 0.29) is 18.0 Å². The Labute approximate surface area is 160 Å². The number of amides is 1. The monoisotopic (exact) mass is 383 g/mol. The molecule has 2 N–H and O–H groups in total. The van der Waals surface area contributed by atoms with Crippen LogP contribution in [0.4, 0.5) is 4.39 Å². The SMILES string of the molecule is COC(=O)c1cc(CNC(=O)c2ccc(-c3cn[nH]c3)c(OC)c2)ccc1F. The second-order valence-corrected chi connectivity index (χ2v) is 5.89. The first-order valence-corrected chi connectivity index (χ1v) is 8.35. The molecule has 3 aromatic rings. The molecule has 28 heavy (non-hydrogen) atoms. The lowest BCUT2D eigenvalue weighted by Gasteiger charge is -2.11. The Morgan fingerprint density at radius 1 is 1.18 bits per heavy atom. The van der Waals surface area contributed by atoms with Crippen LogP contribution >= 0.6 is 0 Å². The molecule has 1 aromatic heterocycles. The lowest BCUT2D eigenvalue weighted by atomic mass is 10.0. The highest BCUT2D eigenvalue weighted by molar-refractivity contribution is 5.95. The Hall–Kier alpha value is -3.68. The predicted octanol–water partition coefficient (Wildman–Crippen LogP) is 2.94. The predicted molar refractivity (Wildman–Crippen MR) is 99.5 cm³/mol. The van der Waals surface area contributed by atoms with Crippen LogP contribution in [-0.4, -0.2) is 36.3 Å². The number of hydrogen-bond donors (Lipinski definition) is 2. The molecule has 144 valence electrons. The van der Waals surface area contributed by atoms with E-state index < -0.39 is 11.8 Å². The third kappa shape index (κ3) is 4.01. The van der Waals surface area contributed by atoms with Crippen molar-refractivity contribution >= 4 is 11.9 Å². The molecule has 0 fully saturated rings. The van der Waals surface area contributed by atoms with Crippen LogP contribution in [0.15, 0.2) is 48.8 Å². The molecular formula is C20H18FN3O4. The van der Waals surface area contributed by atoms with Crippen molar-refractivity contribution in [1.29, 1.82) is 0 Å². The van der Waals surface area contributed by atoms with E-state index in [1.807, 2.05) is 0 Å². The summed E-state index contributed by atoms with van der Waals surface area (Å²) in [4.78, 5) is 24.1. The molecule has 0 saturated carbocycles. The highest BCUT2D eigenvalue weighted by atomic mass is 19.1. The van der Waals surface area contributed by atoms with Crippen LogP contribution in [-0.2, 0) is 11.3 Å². The van der Waals surface area contributed by atoms with Gasteiger partial charge in [-0.2, -0.15) is 5.10 Å². The van der Waals surface area contributed by atoms with Crippen molar-refractivity contribution in [3.8, 4) is 16.9 Å². The quantitative estimate of drug-likeness (QED) is 0.639. The van der Waals surface area contributed by atoms with E-state index in [1.165, 1.54) is 26.4 Å². The molecule has 1 amide bonds. The maximum atomic E-state index is 13.7. The molecule has 0 aliphatic carbocycles. The van der Waals surface area contributed by atoms with E-state index in [0.717, 1.165) is 17.2 Å². The second kappa shape index (κ2) is 8.34. The third-order valence-corrected chi connectivity index (χ3v) is 4.16. The Kier molecular flexibility index (Phi) is 5.69. The number of benzene rings is 2. The molecule has 0 atom stereocenters. The van der Waals surface area contributed by atoms with Crippen molar-refractivity contribution in [2.75, 3.05) is 14.2 Å². The van der Waals surface area contributed by atoms with E-state index >= 15 is 0 Å². The van der Waals surface area contributed by atoms with Gasteiger partial charge in [0, 0.05) is 29.4 Å². The number of halogens is 1. The van der Waals surface area contributed by atoms with Crippen molar-refractivity contribution in [2.45, 2.75) is 6.54 Å². The van der Waals surface area contributed by atoms with Gasteiger partial charge in [0.15, 0.2) is 0 Å². The standard InChI is InChI=1S/C20H18FN3O4/c1-27-18-8-13(4-5-15(18)14-10-23-24-11-14)19(25)22-9-12-3-6-17(21)16(7-12)20(26)28-2/h3-8,10-11H,9H2,1-2H3,(H,22,25)(H,23,24). The Morgan fingerprint density at radius 2 is 2.00 bits per heavy atom. The summed E-state index contributed by atoms with van der Waals surface area (Å²) < 4.78 is 23.6. The number of rotatable bonds is 6. The summed E-state index contributed by atoms with van der Waals surface area (Å²) in [5.41, 5.74) is 2.43. The first-order valence-electron chi connectivity index (χ1n) is 8.35. The summed E-state index contributed by atoms with van der Waals surface area (Å²) in [5, 5.41) is 9.38. The van der Waals surface area contributed by atoms with Gasteiger partial charge in [-0.15, -0.1) is 0 Å². The largest absolute Gasteiger partial charge is 0.496 e. The maximum absolute atomic E-state index is 13.7. The molecular weight excluding hydrogens is 365 g/mol. The maximum Gasteiger partial charge on any atom is 0.340 e. The minimum absolute atomic E-state index is 0.120. The van der Waals surface area contributed by atoms with Crippen molar-refractivity contribution in [2.24, 2.45) is 0 Å². The summed E-state index contributed by atoms with van der Waals surface area (Å²) in [7, 11) is 2.70. The number of carbonyl (C=O) groups is 2. The molecule has 0 aliphatic rings. The van der Waals surface area contributed by atoms with Gasteiger partial charge in [0.2, 0.25) is 0 Å². The fourth-order valence-electron chi connectivity index (χ4n) is 2.70. The zero-order valence-electron chi connectivity index (χ0n) is 15.3. The topological polar surface area (TPSA) is 93.3 Å². The van der Waals surface area contributed by atoms with Gasteiger partial charge in [-0.25, -0.2) is 9.18 Å². The van der Waals surface area contributed by atoms with Gasteiger partial charge in [0.1, 0.15) is 11.6 Å². The van der Waals surface area contributed by atoms with Gasteiger partial charge >= 0.3 is 5.97 Å². The van der Waals surface area contributed by atoms with Crippen molar-refractivity contribution < 1.29 is 23.5 Å². The normalized spacial score (nSPS) is 10.4. The van der Waals surface area contributed by atoms with Gasteiger partial charge < -0.3 is 14.8 Å². The summed E-state index contributed by atoms with van der Waals surface area (Å²) in [5.74, 6) is -1.25. The van der Waals surface area contributed by atoms with Crippen LogP contribution < -0.4 is 10.1 Å². The average molecular weight is 383 g/mol. The van der Waals surface area contributed by atoms with Gasteiger partial charge in [0.25, 0.3) is 5.91 Å². The number of hydrogen-bond acceptors (Lipinski definition) is 5. The first-order chi connectivity index (χ1) is 13.5. The van der Waals surface area contributed by atoms with Gasteiger partial charge in [-0.3, -0.25) is 9.89 Å². The van der Waals surface area contributed by atoms with E-state index in [2.05, 4.69) is 20.3 Å². The van der Waals surface area contributed by atoms with Crippen LogP contribution in [0.3, 0.4) is 0 Å². The first kappa shape index (κ1) is 19.1. The zero-order chi connectivity index (χ0) is 20.1. The number of H-pyrrole nitrogens is 1. The van der Waals surface area contributed by atoms with Crippen molar-refractivity contribution in [3.05, 3.63) is 71.3 Å². The molecule has 8 heteroatoms. The molecule has 7 nitrogen and oxygen atoms in total. The smallest absolute Gasteiger partial charge is 0.340 e. The Balaban J connectivity index is 1.74. The molecule has 0 radical (unpaired) electrons. The van der Waals surface area contributed by atoms with Crippen LogP contribution in [0.2, 0.25) is 0 Å². The van der Waals surface area contributed by atoms with Gasteiger partial charge in [-0.1, -0.05) is 6.07 Å². The average Bonchev–Trinajstić information content (AvgIpc) is 3.26. The molecule has 0 aliphatic heterocycles. The van der Waals surface area contributed by atoms with Crippen molar-refractivity contribution in [1.82, 2.24) is 15.5 Å². The lowest BCUT2D eigenvalue weighted by Crippen LogP contribution is -2.23. The fraction of sp³-hybridized carbons (Fsp3) is 0.150. The molecule has 1 heterocycles. The summed E-state index contributed by atoms with van der Waals surface area (Å²) in [6.07, 6.45) is 3.38. The van der Waals surface area contributed by atoms with E-state index in [4.69, 9.17) is 4.74 Å². The Morgan fingerprint density at radius 3 is 2.68 bits per heavy atom. The lowest BCUT2D eigenvalue weighted by molar-refractivity contribution is 0.0595. The minimum Gasteiger partial charge on any atom is -0.496 e. The number of aromatic amines is 1. The second-order valence-electron chi connectivity index (χ2n) is 5.89. The molecule has 0 saturated heterocycles. The number of aromatic nitrogens is 2. The molecule has 0 bridgehead atoms. The number of ether oxygens (including phenoxy) is 2. The van der Waals surface area contributed by atoms with Crippen molar-refractivity contribution in [3.63, 3.8) is 0 Å². The highest BCUT2D eigenvalue weighted by Crippen LogP contribution is 2.30. The van der Waals surface area contributed by atoms with Gasteiger partial charge in [0.05, 0.1) is 26.0 Å². The third-order valence-electron chi connectivity index (χ3n) is 4.16. The molecule has 3 rings (SSSR count). The summed E-state index contributed by atoms with van der Waals surface area (Å²) in [6, 6.07) is 9.07. The number of carbonyl (C=O) groups excluding carboxylic acids is 2. The molecule has 2 aromatic carbocycles. The molecule has 0 unspecified atom stereocenters. The van der Waals surface area contributed by atoms with Crippen LogP contribution in [0.5, 0.6) is 5.75 Å². The van der Waals surface area contributed by atoms with Gasteiger partial charge in [-0.05, 0) is 35.9 Å². The van der Waals surface area contributed by atoms with Crippen LogP contribution in [0, 0.1) is 5.82 Å². The molecule has 0 spiro atoms. The number of nitrogens with zero attached hydrogens (tertiary/aromatic N) is 1. The number of nitrogens with one attached hydrogen (secondary N) is 2. The fourth-order valence-corrected chi connectivity index (χ4v) is 2.70. The summed E-state index contributed by atoms with van der Waals surface area (Å²) >= 11 is 0. The minimum atomic E-state index is -0.773. The van der Waals surface area contributed by atoms with Crippen LogP contribution in [0.25, 0.3) is 11.1 Å².